The second-order valence-electron chi connectivity index (χ2n) is 4.49. The van der Waals surface area contributed by atoms with E-state index < -0.39 is 23.5 Å². The van der Waals surface area contributed by atoms with E-state index in [9.17, 15) is 13.9 Å². The fourth-order valence-corrected chi connectivity index (χ4v) is 1.56. The molecule has 1 aromatic rings. The molecule has 0 bridgehead atoms. The highest BCUT2D eigenvalue weighted by Gasteiger charge is 2.14. The third-order valence-electron chi connectivity index (χ3n) is 2.67. The smallest absolute Gasteiger partial charge is 0.190 e. The minimum Gasteiger partial charge on any atom is -0.485 e. The SMILES string of the molecule is CCCCOCC(O)COc1c(F)cc(CN)cc1F. The van der Waals surface area contributed by atoms with Crippen LogP contribution in [0.3, 0.4) is 0 Å². The predicted octanol–water partition coefficient (Wildman–Crippen LogP) is 1.98. The molecule has 4 nitrogen and oxygen atoms in total. The molecule has 20 heavy (non-hydrogen) atoms. The van der Waals surface area contributed by atoms with Crippen LogP contribution in [0.1, 0.15) is 25.3 Å². The van der Waals surface area contributed by atoms with Crippen molar-refractivity contribution in [3.8, 4) is 5.75 Å². The number of hydrogen-bond acceptors (Lipinski definition) is 4. The summed E-state index contributed by atoms with van der Waals surface area (Å²) in [7, 11) is 0. The summed E-state index contributed by atoms with van der Waals surface area (Å²) in [6.07, 6.45) is 0.966. The first-order chi connectivity index (χ1) is 9.58. The van der Waals surface area contributed by atoms with Gasteiger partial charge in [-0.2, -0.15) is 0 Å². The zero-order valence-electron chi connectivity index (χ0n) is 11.6. The molecule has 3 N–H and O–H groups in total. The van der Waals surface area contributed by atoms with Crippen LogP contribution in [0.25, 0.3) is 0 Å². The number of ether oxygens (including phenoxy) is 2. The number of halogens is 2. The molecule has 0 fully saturated rings. The second-order valence-corrected chi connectivity index (χ2v) is 4.49. The maximum absolute atomic E-state index is 13.6. The highest BCUT2D eigenvalue weighted by Crippen LogP contribution is 2.23. The number of aliphatic hydroxyl groups is 1. The average Bonchev–Trinajstić information content (AvgIpc) is 2.42. The summed E-state index contributed by atoms with van der Waals surface area (Å²) in [5.74, 6) is -2.16. The Morgan fingerprint density at radius 2 is 1.90 bits per heavy atom. The van der Waals surface area contributed by atoms with Crippen molar-refractivity contribution in [1.82, 2.24) is 0 Å². The monoisotopic (exact) mass is 289 g/mol. The second kappa shape index (κ2) is 8.84. The molecule has 114 valence electrons. The third-order valence-corrected chi connectivity index (χ3v) is 2.67. The summed E-state index contributed by atoms with van der Waals surface area (Å²) in [6.45, 7) is 2.45. The predicted molar refractivity (Wildman–Crippen MR) is 71.5 cm³/mol. The zero-order chi connectivity index (χ0) is 15.0. The van der Waals surface area contributed by atoms with Crippen molar-refractivity contribution in [3.05, 3.63) is 29.3 Å². The molecule has 1 aromatic carbocycles. The maximum atomic E-state index is 13.6. The highest BCUT2D eigenvalue weighted by atomic mass is 19.1. The number of aliphatic hydroxyl groups excluding tert-OH is 1. The molecule has 1 rings (SSSR count). The highest BCUT2D eigenvalue weighted by molar-refractivity contribution is 5.31. The number of rotatable bonds is 9. The Balaban J connectivity index is 2.45. The molecular formula is C14H21F2NO3. The van der Waals surface area contributed by atoms with E-state index in [4.69, 9.17) is 15.2 Å². The summed E-state index contributed by atoms with van der Waals surface area (Å²) in [4.78, 5) is 0. The Kier molecular flexibility index (Phi) is 7.43. The minimum atomic E-state index is -0.931. The van der Waals surface area contributed by atoms with E-state index in [0.717, 1.165) is 25.0 Å². The molecule has 0 amide bonds. The minimum absolute atomic E-state index is 0.0437. The number of unbranched alkanes of at least 4 members (excludes halogenated alkanes) is 1. The summed E-state index contributed by atoms with van der Waals surface area (Å²) < 4.78 is 37.3. The van der Waals surface area contributed by atoms with E-state index in [1.807, 2.05) is 6.92 Å². The van der Waals surface area contributed by atoms with Crippen LogP contribution in [0, 0.1) is 11.6 Å². The van der Waals surface area contributed by atoms with Crippen LogP contribution in [0.15, 0.2) is 12.1 Å². The lowest BCUT2D eigenvalue weighted by Crippen LogP contribution is -2.24. The largest absolute Gasteiger partial charge is 0.485 e. The van der Waals surface area contributed by atoms with Crippen molar-refractivity contribution >= 4 is 0 Å². The average molecular weight is 289 g/mol. The lowest BCUT2D eigenvalue weighted by molar-refractivity contribution is 0.00984. The molecule has 0 spiro atoms. The molecule has 0 saturated carbocycles. The third kappa shape index (κ3) is 5.40. The van der Waals surface area contributed by atoms with E-state index in [1.165, 1.54) is 0 Å². The molecule has 1 atom stereocenters. The van der Waals surface area contributed by atoms with Gasteiger partial charge in [-0.15, -0.1) is 0 Å². The van der Waals surface area contributed by atoms with Crippen LogP contribution >= 0.6 is 0 Å². The van der Waals surface area contributed by atoms with Crippen LogP contribution in [0.4, 0.5) is 8.78 Å². The van der Waals surface area contributed by atoms with E-state index in [1.54, 1.807) is 0 Å². The maximum Gasteiger partial charge on any atom is 0.190 e. The van der Waals surface area contributed by atoms with Crippen LogP contribution in [-0.2, 0) is 11.3 Å². The van der Waals surface area contributed by atoms with Gasteiger partial charge >= 0.3 is 0 Å². The lowest BCUT2D eigenvalue weighted by Gasteiger charge is -2.14. The quantitative estimate of drug-likeness (QED) is 0.682. The van der Waals surface area contributed by atoms with Crippen LogP contribution in [0.5, 0.6) is 5.75 Å². The number of nitrogens with two attached hydrogens (primary N) is 1. The molecule has 0 heterocycles. The normalized spacial score (nSPS) is 12.4. The first-order valence-corrected chi connectivity index (χ1v) is 6.65. The van der Waals surface area contributed by atoms with Crippen LogP contribution in [-0.4, -0.2) is 31.0 Å². The lowest BCUT2D eigenvalue weighted by atomic mass is 10.2. The topological polar surface area (TPSA) is 64.7 Å². The van der Waals surface area contributed by atoms with Gasteiger partial charge < -0.3 is 20.3 Å². The standard InChI is InChI=1S/C14H21F2NO3/c1-2-3-4-19-8-11(18)9-20-14-12(15)5-10(7-17)6-13(14)16/h5-6,11,18H,2-4,7-9,17H2,1H3. The fraction of sp³-hybridized carbons (Fsp3) is 0.571. The van der Waals surface area contributed by atoms with Crippen LogP contribution in [0.2, 0.25) is 0 Å². The first-order valence-electron chi connectivity index (χ1n) is 6.65. The summed E-state index contributed by atoms with van der Waals surface area (Å²) in [5.41, 5.74) is 5.65. The van der Waals surface area contributed by atoms with Crippen molar-refractivity contribution in [3.63, 3.8) is 0 Å². The zero-order valence-corrected chi connectivity index (χ0v) is 11.6. The van der Waals surface area contributed by atoms with Gasteiger partial charge in [-0.3, -0.25) is 0 Å². The Hall–Kier alpha value is -1.24. The van der Waals surface area contributed by atoms with E-state index in [2.05, 4.69) is 0 Å². The van der Waals surface area contributed by atoms with Gasteiger partial charge in [0.15, 0.2) is 17.4 Å². The van der Waals surface area contributed by atoms with Gasteiger partial charge in [-0.25, -0.2) is 8.78 Å². The van der Waals surface area contributed by atoms with Crippen molar-refractivity contribution in [2.24, 2.45) is 5.73 Å². The molecular weight excluding hydrogens is 268 g/mol. The Morgan fingerprint density at radius 1 is 1.25 bits per heavy atom. The van der Waals surface area contributed by atoms with E-state index in [-0.39, 0.29) is 19.8 Å². The molecule has 1 unspecified atom stereocenters. The summed E-state index contributed by atoms with van der Waals surface area (Å²) >= 11 is 0. The molecule has 0 saturated heterocycles. The molecule has 6 heteroatoms. The Morgan fingerprint density at radius 3 is 2.45 bits per heavy atom. The fourth-order valence-electron chi connectivity index (χ4n) is 1.56. The Bertz CT molecular complexity index is 392. The molecule has 0 aromatic heterocycles. The van der Waals surface area contributed by atoms with Gasteiger partial charge in [0.25, 0.3) is 0 Å². The van der Waals surface area contributed by atoms with Crippen molar-refractivity contribution in [1.29, 1.82) is 0 Å². The number of hydrogen-bond donors (Lipinski definition) is 2. The first kappa shape index (κ1) is 16.8. The number of benzene rings is 1. The summed E-state index contributed by atoms with van der Waals surface area (Å²) in [6, 6.07) is 2.23. The molecule has 0 aliphatic heterocycles. The van der Waals surface area contributed by atoms with Gasteiger partial charge in [-0.1, -0.05) is 13.3 Å². The summed E-state index contributed by atoms with van der Waals surface area (Å²) in [5, 5.41) is 9.58. The molecule has 0 radical (unpaired) electrons. The molecule has 0 aliphatic rings. The Labute approximate surface area is 117 Å². The van der Waals surface area contributed by atoms with Gasteiger partial charge in [0.2, 0.25) is 0 Å². The van der Waals surface area contributed by atoms with Gasteiger partial charge in [0, 0.05) is 13.2 Å². The van der Waals surface area contributed by atoms with Crippen molar-refractivity contribution in [2.45, 2.75) is 32.4 Å². The van der Waals surface area contributed by atoms with Gasteiger partial charge in [0.1, 0.15) is 12.7 Å². The van der Waals surface area contributed by atoms with Gasteiger partial charge in [-0.05, 0) is 24.1 Å². The molecule has 0 aliphatic carbocycles. The van der Waals surface area contributed by atoms with E-state index in [0.29, 0.717) is 12.2 Å². The van der Waals surface area contributed by atoms with Gasteiger partial charge in [0.05, 0.1) is 6.61 Å². The van der Waals surface area contributed by atoms with Crippen molar-refractivity contribution < 1.29 is 23.4 Å². The van der Waals surface area contributed by atoms with Crippen LogP contribution < -0.4 is 10.5 Å². The van der Waals surface area contributed by atoms with E-state index >= 15 is 0 Å². The van der Waals surface area contributed by atoms with Crippen molar-refractivity contribution in [2.75, 3.05) is 19.8 Å².